The number of carbonyl (C=O) groups is 1. The summed E-state index contributed by atoms with van der Waals surface area (Å²) in [7, 11) is 0. The molecule has 3 nitrogen and oxygen atoms in total. The minimum absolute atomic E-state index is 0.100. The molecule has 3 heteroatoms. The van der Waals surface area contributed by atoms with Crippen LogP contribution in [0.1, 0.15) is 39.5 Å². The summed E-state index contributed by atoms with van der Waals surface area (Å²) < 4.78 is 0. The molecule has 0 aromatic heterocycles. The summed E-state index contributed by atoms with van der Waals surface area (Å²) in [6.45, 7) is 8.84. The van der Waals surface area contributed by atoms with Crippen molar-refractivity contribution in [2.75, 3.05) is 6.54 Å². The average Bonchev–Trinajstić information content (AvgIpc) is 3.01. The molecule has 0 spiro atoms. The monoisotopic (exact) mass is 224 g/mol. The van der Waals surface area contributed by atoms with Crippen LogP contribution in [0.15, 0.2) is 12.7 Å². The Hall–Kier alpha value is -0.830. The quantitative estimate of drug-likeness (QED) is 0.672. The summed E-state index contributed by atoms with van der Waals surface area (Å²) in [4.78, 5) is 14.1. The molecule has 0 heterocycles. The first-order valence-corrected chi connectivity index (χ1v) is 6.23. The van der Waals surface area contributed by atoms with Gasteiger partial charge in [-0.25, -0.2) is 0 Å². The smallest absolute Gasteiger partial charge is 0.240 e. The minimum atomic E-state index is -0.398. The number of rotatable bonds is 7. The average molecular weight is 224 g/mol. The Morgan fingerprint density at radius 3 is 2.62 bits per heavy atom. The zero-order valence-corrected chi connectivity index (χ0v) is 10.5. The normalized spacial score (nSPS) is 17.2. The maximum atomic E-state index is 12.1. The largest absolute Gasteiger partial charge is 0.338 e. The molecular formula is C13H24N2O. The second-order valence-corrected chi connectivity index (χ2v) is 5.08. The Balaban J connectivity index is 2.48. The van der Waals surface area contributed by atoms with Gasteiger partial charge in [0.25, 0.3) is 0 Å². The van der Waals surface area contributed by atoms with Crippen molar-refractivity contribution >= 4 is 5.91 Å². The molecule has 1 saturated carbocycles. The van der Waals surface area contributed by atoms with Gasteiger partial charge in [-0.2, -0.15) is 0 Å². The van der Waals surface area contributed by atoms with Crippen LogP contribution in [0.3, 0.4) is 0 Å². The highest BCUT2D eigenvalue weighted by atomic mass is 16.2. The lowest BCUT2D eigenvalue weighted by atomic mass is 10.1. The molecule has 0 aromatic rings. The Morgan fingerprint density at radius 1 is 1.56 bits per heavy atom. The minimum Gasteiger partial charge on any atom is -0.338 e. The molecule has 1 aliphatic carbocycles. The molecule has 92 valence electrons. The van der Waals surface area contributed by atoms with E-state index in [4.69, 9.17) is 5.73 Å². The standard InChI is InChI=1S/C13H24N2O/c1-4-5-12(14)13(16)15(11-6-7-11)9-8-10(2)3/h4,10-12H,1,5-9,14H2,2-3H3. The first-order valence-electron chi connectivity index (χ1n) is 6.23. The van der Waals surface area contributed by atoms with Gasteiger partial charge in [0.1, 0.15) is 0 Å². The Bertz CT molecular complexity index is 246. The van der Waals surface area contributed by atoms with Crippen LogP contribution in [-0.2, 0) is 4.79 Å². The maximum Gasteiger partial charge on any atom is 0.240 e. The van der Waals surface area contributed by atoms with Gasteiger partial charge in [-0.1, -0.05) is 19.9 Å². The molecule has 0 saturated heterocycles. The van der Waals surface area contributed by atoms with Gasteiger partial charge in [-0.3, -0.25) is 4.79 Å². The van der Waals surface area contributed by atoms with E-state index in [2.05, 4.69) is 20.4 Å². The fourth-order valence-corrected chi connectivity index (χ4v) is 1.75. The number of hydrogen-bond donors (Lipinski definition) is 1. The molecule has 2 N–H and O–H groups in total. The molecule has 1 aliphatic rings. The highest BCUT2D eigenvalue weighted by Gasteiger charge is 2.34. The molecule has 1 amide bonds. The first kappa shape index (κ1) is 13.2. The number of nitrogens with zero attached hydrogens (tertiary/aromatic N) is 1. The molecular weight excluding hydrogens is 200 g/mol. The van der Waals surface area contributed by atoms with Crippen molar-refractivity contribution in [3.8, 4) is 0 Å². The van der Waals surface area contributed by atoms with Gasteiger partial charge in [0.05, 0.1) is 6.04 Å². The summed E-state index contributed by atoms with van der Waals surface area (Å²) >= 11 is 0. The van der Waals surface area contributed by atoms with E-state index in [1.165, 1.54) is 0 Å². The molecule has 0 bridgehead atoms. The van der Waals surface area contributed by atoms with Crippen molar-refractivity contribution in [3.05, 3.63) is 12.7 Å². The predicted molar refractivity (Wildman–Crippen MR) is 67.0 cm³/mol. The molecule has 0 aromatic carbocycles. The number of hydrogen-bond acceptors (Lipinski definition) is 2. The maximum absolute atomic E-state index is 12.1. The topological polar surface area (TPSA) is 46.3 Å². The molecule has 1 atom stereocenters. The SMILES string of the molecule is C=CCC(N)C(=O)N(CCC(C)C)C1CC1. The van der Waals surface area contributed by atoms with Gasteiger partial charge >= 0.3 is 0 Å². The fourth-order valence-electron chi connectivity index (χ4n) is 1.75. The van der Waals surface area contributed by atoms with Crippen LogP contribution in [0.4, 0.5) is 0 Å². The van der Waals surface area contributed by atoms with E-state index in [0.717, 1.165) is 25.8 Å². The molecule has 16 heavy (non-hydrogen) atoms. The van der Waals surface area contributed by atoms with Crippen LogP contribution in [0, 0.1) is 5.92 Å². The lowest BCUT2D eigenvalue weighted by Crippen LogP contribution is -2.45. The van der Waals surface area contributed by atoms with Crippen molar-refractivity contribution < 1.29 is 4.79 Å². The lowest BCUT2D eigenvalue weighted by molar-refractivity contribution is -0.133. The van der Waals surface area contributed by atoms with Gasteiger partial charge < -0.3 is 10.6 Å². The van der Waals surface area contributed by atoms with Crippen molar-refractivity contribution in [2.24, 2.45) is 11.7 Å². The van der Waals surface area contributed by atoms with E-state index in [0.29, 0.717) is 18.4 Å². The highest BCUT2D eigenvalue weighted by Crippen LogP contribution is 2.28. The third-order valence-corrected chi connectivity index (χ3v) is 2.96. The summed E-state index contributed by atoms with van der Waals surface area (Å²) in [6.07, 6.45) is 5.64. The lowest BCUT2D eigenvalue weighted by Gasteiger charge is -2.26. The van der Waals surface area contributed by atoms with Crippen LogP contribution in [0.25, 0.3) is 0 Å². The number of carbonyl (C=O) groups excluding carboxylic acids is 1. The Labute approximate surface area is 98.7 Å². The summed E-state index contributed by atoms with van der Waals surface area (Å²) in [5, 5.41) is 0. The molecule has 0 aliphatic heterocycles. The van der Waals surface area contributed by atoms with Gasteiger partial charge in [-0.05, 0) is 31.6 Å². The van der Waals surface area contributed by atoms with Gasteiger partial charge in [0.15, 0.2) is 0 Å². The number of nitrogens with two attached hydrogens (primary N) is 1. The second-order valence-electron chi connectivity index (χ2n) is 5.08. The van der Waals surface area contributed by atoms with E-state index in [9.17, 15) is 4.79 Å². The molecule has 1 unspecified atom stereocenters. The van der Waals surface area contributed by atoms with E-state index >= 15 is 0 Å². The first-order chi connectivity index (χ1) is 7.56. The molecule has 1 fully saturated rings. The van der Waals surface area contributed by atoms with Crippen molar-refractivity contribution in [3.63, 3.8) is 0 Å². The number of amides is 1. The third-order valence-electron chi connectivity index (χ3n) is 2.96. The van der Waals surface area contributed by atoms with Crippen LogP contribution in [0.5, 0.6) is 0 Å². The highest BCUT2D eigenvalue weighted by molar-refractivity contribution is 5.82. The van der Waals surface area contributed by atoms with Crippen LogP contribution < -0.4 is 5.73 Å². The fraction of sp³-hybridized carbons (Fsp3) is 0.769. The Morgan fingerprint density at radius 2 is 2.19 bits per heavy atom. The zero-order chi connectivity index (χ0) is 12.1. The van der Waals surface area contributed by atoms with Crippen molar-refractivity contribution in [1.82, 2.24) is 4.90 Å². The van der Waals surface area contributed by atoms with E-state index in [1.807, 2.05) is 4.90 Å². The molecule has 0 radical (unpaired) electrons. The van der Waals surface area contributed by atoms with Crippen LogP contribution >= 0.6 is 0 Å². The van der Waals surface area contributed by atoms with E-state index in [1.54, 1.807) is 6.08 Å². The second kappa shape index (κ2) is 6.04. The van der Waals surface area contributed by atoms with E-state index < -0.39 is 6.04 Å². The van der Waals surface area contributed by atoms with Crippen LogP contribution in [0.2, 0.25) is 0 Å². The van der Waals surface area contributed by atoms with Gasteiger partial charge in [-0.15, -0.1) is 6.58 Å². The molecule has 1 rings (SSSR count). The van der Waals surface area contributed by atoms with Crippen LogP contribution in [-0.4, -0.2) is 29.4 Å². The van der Waals surface area contributed by atoms with Gasteiger partial charge in [0, 0.05) is 12.6 Å². The van der Waals surface area contributed by atoms with E-state index in [-0.39, 0.29) is 5.91 Å². The third kappa shape index (κ3) is 3.97. The summed E-state index contributed by atoms with van der Waals surface area (Å²) in [6, 6.07) is 0.0624. The predicted octanol–water partition coefficient (Wildman–Crippen LogP) is 1.93. The zero-order valence-electron chi connectivity index (χ0n) is 10.5. The Kier molecular flexibility index (Phi) is 5.00. The summed E-state index contributed by atoms with van der Waals surface area (Å²) in [5.74, 6) is 0.729. The summed E-state index contributed by atoms with van der Waals surface area (Å²) in [5.41, 5.74) is 5.84. The van der Waals surface area contributed by atoms with Crippen molar-refractivity contribution in [1.29, 1.82) is 0 Å². The van der Waals surface area contributed by atoms with Crippen molar-refractivity contribution in [2.45, 2.75) is 51.6 Å². The van der Waals surface area contributed by atoms with Gasteiger partial charge in [0.2, 0.25) is 5.91 Å².